The van der Waals surface area contributed by atoms with Gasteiger partial charge in [0.1, 0.15) is 5.82 Å². The molecule has 2 heterocycles. The smallest absolute Gasteiger partial charge is 0.231 e. The van der Waals surface area contributed by atoms with E-state index in [1.54, 1.807) is 25.3 Å². The summed E-state index contributed by atoms with van der Waals surface area (Å²) in [5, 5.41) is 9.37. The van der Waals surface area contributed by atoms with E-state index < -0.39 is 0 Å². The molecule has 0 saturated heterocycles. The molecule has 0 atom stereocenters. The maximum atomic E-state index is 12.6. The summed E-state index contributed by atoms with van der Waals surface area (Å²) in [6.07, 6.45) is 0.675. The summed E-state index contributed by atoms with van der Waals surface area (Å²) in [4.78, 5) is 12.6. The molecule has 3 aromatic rings. The summed E-state index contributed by atoms with van der Waals surface area (Å²) in [5.74, 6) is 2.38. The number of hydrogen-bond acceptors (Lipinski definition) is 7. The van der Waals surface area contributed by atoms with E-state index in [1.807, 2.05) is 22.8 Å². The number of benzene rings is 2. The highest BCUT2D eigenvalue weighted by Crippen LogP contribution is 2.33. The number of nitrogens with zero attached hydrogens (tertiary/aromatic N) is 3. The van der Waals surface area contributed by atoms with E-state index in [-0.39, 0.29) is 18.3 Å². The van der Waals surface area contributed by atoms with E-state index in [9.17, 15) is 4.79 Å². The van der Waals surface area contributed by atoms with E-state index in [0.29, 0.717) is 41.8 Å². The molecule has 0 saturated carbocycles. The Morgan fingerprint density at radius 2 is 1.97 bits per heavy atom. The van der Waals surface area contributed by atoms with Crippen molar-refractivity contribution in [2.24, 2.45) is 0 Å². The zero-order chi connectivity index (χ0) is 20.1. The second kappa shape index (κ2) is 9.11. The van der Waals surface area contributed by atoms with Crippen LogP contribution >= 0.6 is 11.8 Å². The average molecular weight is 411 g/mol. The molecule has 0 spiro atoms. The highest BCUT2D eigenvalue weighted by molar-refractivity contribution is 7.99. The molecule has 1 aliphatic heterocycles. The molecule has 0 bridgehead atoms. The minimum atomic E-state index is -0.000740. The van der Waals surface area contributed by atoms with Gasteiger partial charge in [0.2, 0.25) is 6.79 Å². The Morgan fingerprint density at radius 3 is 2.79 bits per heavy atom. The molecule has 0 aliphatic carbocycles. The minimum absolute atomic E-state index is 0.000740. The normalized spacial score (nSPS) is 12.3. The third-order valence-electron chi connectivity index (χ3n) is 4.54. The van der Waals surface area contributed by atoms with Crippen molar-refractivity contribution in [1.82, 2.24) is 14.8 Å². The van der Waals surface area contributed by atoms with Gasteiger partial charge in [-0.3, -0.25) is 4.79 Å². The quantitative estimate of drug-likeness (QED) is 0.395. The molecule has 7 nitrogen and oxygen atoms in total. The van der Waals surface area contributed by atoms with Gasteiger partial charge in [-0.25, -0.2) is 0 Å². The number of carbonyl (C=O) groups is 1. The first-order valence-corrected chi connectivity index (χ1v) is 10.2. The standard InChI is InChI=1S/C21H21N3O4S/c1-26-10-9-24-20(11-15-5-3-2-4-6-15)22-23-21(24)29-13-17(25)16-7-8-18-19(12-16)28-14-27-18/h2-8,12H,9-11,13-14H2,1H3. The fourth-order valence-electron chi connectivity index (χ4n) is 3.03. The minimum Gasteiger partial charge on any atom is -0.454 e. The molecule has 8 heteroatoms. The average Bonchev–Trinajstić information content (AvgIpc) is 3.37. The second-order valence-corrected chi connectivity index (χ2v) is 7.43. The van der Waals surface area contributed by atoms with Crippen molar-refractivity contribution in [3.05, 3.63) is 65.5 Å². The summed E-state index contributed by atoms with van der Waals surface area (Å²) in [6.45, 7) is 1.37. The Labute approximate surface area is 173 Å². The molecule has 29 heavy (non-hydrogen) atoms. The van der Waals surface area contributed by atoms with Crippen LogP contribution in [0, 0.1) is 0 Å². The van der Waals surface area contributed by atoms with Crippen molar-refractivity contribution >= 4 is 17.5 Å². The Kier molecular flexibility index (Phi) is 6.12. The van der Waals surface area contributed by atoms with E-state index in [4.69, 9.17) is 14.2 Å². The lowest BCUT2D eigenvalue weighted by molar-refractivity contribution is 0.102. The first-order valence-electron chi connectivity index (χ1n) is 9.25. The number of fused-ring (bicyclic) bond motifs is 1. The molecule has 4 rings (SSSR count). The van der Waals surface area contributed by atoms with Gasteiger partial charge in [0.25, 0.3) is 0 Å². The maximum absolute atomic E-state index is 12.6. The topological polar surface area (TPSA) is 75.5 Å². The number of rotatable bonds is 9. The van der Waals surface area contributed by atoms with Crippen molar-refractivity contribution in [2.75, 3.05) is 26.3 Å². The predicted molar refractivity (Wildman–Crippen MR) is 109 cm³/mol. The molecule has 0 unspecified atom stereocenters. The fraction of sp³-hybridized carbons (Fsp3) is 0.286. The zero-order valence-electron chi connectivity index (χ0n) is 16.0. The van der Waals surface area contributed by atoms with Crippen LogP contribution < -0.4 is 9.47 Å². The summed E-state index contributed by atoms with van der Waals surface area (Å²) < 4.78 is 17.9. The number of hydrogen-bond donors (Lipinski definition) is 0. The second-order valence-electron chi connectivity index (χ2n) is 6.49. The number of aromatic nitrogens is 3. The Morgan fingerprint density at radius 1 is 1.14 bits per heavy atom. The molecule has 0 N–H and O–H groups in total. The Hall–Kier alpha value is -2.84. The maximum Gasteiger partial charge on any atom is 0.231 e. The van der Waals surface area contributed by atoms with Gasteiger partial charge in [0.05, 0.1) is 12.4 Å². The van der Waals surface area contributed by atoms with Crippen molar-refractivity contribution in [3.63, 3.8) is 0 Å². The van der Waals surface area contributed by atoms with E-state index in [0.717, 1.165) is 11.4 Å². The van der Waals surface area contributed by atoms with E-state index in [2.05, 4.69) is 22.3 Å². The third kappa shape index (κ3) is 4.60. The highest BCUT2D eigenvalue weighted by atomic mass is 32.2. The van der Waals surface area contributed by atoms with Crippen molar-refractivity contribution in [2.45, 2.75) is 18.1 Å². The van der Waals surface area contributed by atoms with Crippen LogP contribution in [0.3, 0.4) is 0 Å². The van der Waals surface area contributed by atoms with Crippen LogP contribution in [0.4, 0.5) is 0 Å². The van der Waals surface area contributed by atoms with Crippen LogP contribution in [0.1, 0.15) is 21.7 Å². The fourth-order valence-corrected chi connectivity index (χ4v) is 3.90. The van der Waals surface area contributed by atoms with Crippen LogP contribution in [-0.4, -0.2) is 46.8 Å². The van der Waals surface area contributed by atoms with Gasteiger partial charge < -0.3 is 18.8 Å². The number of ether oxygens (including phenoxy) is 3. The first kappa shape index (κ1) is 19.5. The molecule has 1 aromatic heterocycles. The summed E-state index contributed by atoms with van der Waals surface area (Å²) in [7, 11) is 1.66. The number of methoxy groups -OCH3 is 1. The van der Waals surface area contributed by atoms with E-state index in [1.165, 1.54) is 11.8 Å². The molecule has 1 aliphatic rings. The van der Waals surface area contributed by atoms with Crippen LogP contribution in [0.25, 0.3) is 0 Å². The van der Waals surface area contributed by atoms with Gasteiger partial charge in [0.15, 0.2) is 22.4 Å². The molecular formula is C21H21N3O4S. The summed E-state index contributed by atoms with van der Waals surface area (Å²) in [5.41, 5.74) is 1.75. The molecule has 150 valence electrons. The monoisotopic (exact) mass is 411 g/mol. The van der Waals surface area contributed by atoms with Crippen molar-refractivity contribution in [1.29, 1.82) is 0 Å². The van der Waals surface area contributed by atoms with Gasteiger partial charge in [-0.1, -0.05) is 42.1 Å². The lowest BCUT2D eigenvalue weighted by Gasteiger charge is -2.09. The molecule has 0 fully saturated rings. The number of ketones is 1. The lowest BCUT2D eigenvalue weighted by atomic mass is 10.1. The van der Waals surface area contributed by atoms with Gasteiger partial charge >= 0.3 is 0 Å². The Balaban J connectivity index is 1.46. The molecule has 2 aromatic carbocycles. The molecule has 0 radical (unpaired) electrons. The van der Waals surface area contributed by atoms with Crippen molar-refractivity contribution < 1.29 is 19.0 Å². The predicted octanol–water partition coefficient (Wildman–Crippen LogP) is 3.22. The largest absolute Gasteiger partial charge is 0.454 e. The first-order chi connectivity index (χ1) is 14.2. The SMILES string of the molecule is COCCn1c(Cc2ccccc2)nnc1SCC(=O)c1ccc2c(c1)OCO2. The summed E-state index contributed by atoms with van der Waals surface area (Å²) >= 11 is 1.38. The van der Waals surface area contributed by atoms with Crippen molar-refractivity contribution in [3.8, 4) is 11.5 Å². The van der Waals surface area contributed by atoms with Gasteiger partial charge in [-0.05, 0) is 23.8 Å². The Bertz CT molecular complexity index is 991. The van der Waals surface area contributed by atoms with Gasteiger partial charge in [-0.2, -0.15) is 0 Å². The van der Waals surface area contributed by atoms with Crippen LogP contribution in [0.5, 0.6) is 11.5 Å². The van der Waals surface area contributed by atoms with Gasteiger partial charge in [-0.15, -0.1) is 10.2 Å². The van der Waals surface area contributed by atoms with Crippen LogP contribution in [0.2, 0.25) is 0 Å². The number of thioether (sulfide) groups is 1. The third-order valence-corrected chi connectivity index (χ3v) is 5.51. The highest BCUT2D eigenvalue weighted by Gasteiger charge is 2.18. The van der Waals surface area contributed by atoms with Gasteiger partial charge in [0, 0.05) is 25.6 Å². The van der Waals surface area contributed by atoms with Crippen LogP contribution in [-0.2, 0) is 17.7 Å². The zero-order valence-corrected chi connectivity index (χ0v) is 16.9. The van der Waals surface area contributed by atoms with Crippen LogP contribution in [0.15, 0.2) is 53.7 Å². The molecular weight excluding hydrogens is 390 g/mol. The number of carbonyl (C=O) groups excluding carboxylic acids is 1. The molecule has 0 amide bonds. The summed E-state index contributed by atoms with van der Waals surface area (Å²) in [6, 6.07) is 15.4. The lowest BCUT2D eigenvalue weighted by Crippen LogP contribution is -2.11. The van der Waals surface area contributed by atoms with E-state index >= 15 is 0 Å². The number of Topliss-reactive ketones (excluding diaryl/α,β-unsaturated/α-hetero) is 1.